The molecular formula is C8H10BrNO2. The Kier molecular flexibility index (Phi) is 3.68. The SMILES string of the molecule is NOCC(O)c1ccccc1Br. The van der Waals surface area contributed by atoms with Gasteiger partial charge < -0.3 is 9.94 Å². The van der Waals surface area contributed by atoms with Crippen LogP contribution in [0.1, 0.15) is 11.7 Å². The van der Waals surface area contributed by atoms with Crippen LogP contribution in [0.25, 0.3) is 0 Å². The summed E-state index contributed by atoms with van der Waals surface area (Å²) in [5.41, 5.74) is 0.781. The topological polar surface area (TPSA) is 55.5 Å². The van der Waals surface area contributed by atoms with Gasteiger partial charge in [-0.15, -0.1) is 0 Å². The highest BCUT2D eigenvalue weighted by Gasteiger charge is 2.09. The van der Waals surface area contributed by atoms with Crippen LogP contribution >= 0.6 is 15.9 Å². The maximum absolute atomic E-state index is 9.47. The van der Waals surface area contributed by atoms with Crippen molar-refractivity contribution in [1.29, 1.82) is 0 Å². The molecule has 0 radical (unpaired) electrons. The van der Waals surface area contributed by atoms with Gasteiger partial charge >= 0.3 is 0 Å². The van der Waals surface area contributed by atoms with E-state index in [0.717, 1.165) is 10.0 Å². The zero-order chi connectivity index (χ0) is 8.97. The zero-order valence-corrected chi connectivity index (χ0v) is 7.99. The monoisotopic (exact) mass is 231 g/mol. The number of hydrogen-bond donors (Lipinski definition) is 2. The van der Waals surface area contributed by atoms with Crippen molar-refractivity contribution in [2.45, 2.75) is 6.10 Å². The number of hydrogen-bond acceptors (Lipinski definition) is 3. The molecule has 0 saturated heterocycles. The Hall–Kier alpha value is -0.420. The lowest BCUT2D eigenvalue weighted by molar-refractivity contribution is 0.0355. The number of halogens is 1. The summed E-state index contributed by atoms with van der Waals surface area (Å²) in [6.45, 7) is 0.0998. The van der Waals surface area contributed by atoms with Crippen molar-refractivity contribution >= 4 is 15.9 Å². The minimum Gasteiger partial charge on any atom is -0.386 e. The summed E-state index contributed by atoms with van der Waals surface area (Å²) in [4.78, 5) is 4.34. The Bertz CT molecular complexity index is 255. The smallest absolute Gasteiger partial charge is 0.105 e. The Morgan fingerprint density at radius 1 is 1.50 bits per heavy atom. The van der Waals surface area contributed by atoms with Crippen molar-refractivity contribution < 1.29 is 9.94 Å². The summed E-state index contributed by atoms with van der Waals surface area (Å²) in [7, 11) is 0. The van der Waals surface area contributed by atoms with Crippen LogP contribution in [0.5, 0.6) is 0 Å². The van der Waals surface area contributed by atoms with Gasteiger partial charge in [-0.2, -0.15) is 0 Å². The van der Waals surface area contributed by atoms with Crippen LogP contribution < -0.4 is 5.90 Å². The normalized spacial score (nSPS) is 12.9. The van der Waals surface area contributed by atoms with Gasteiger partial charge in [-0.05, 0) is 11.6 Å². The molecule has 0 aliphatic carbocycles. The molecule has 0 fully saturated rings. The minimum atomic E-state index is -0.675. The van der Waals surface area contributed by atoms with Crippen molar-refractivity contribution in [1.82, 2.24) is 0 Å². The lowest BCUT2D eigenvalue weighted by atomic mass is 10.1. The van der Waals surface area contributed by atoms with E-state index >= 15 is 0 Å². The zero-order valence-electron chi connectivity index (χ0n) is 6.40. The second-order valence-electron chi connectivity index (χ2n) is 2.37. The van der Waals surface area contributed by atoms with Crippen molar-refractivity contribution in [3.8, 4) is 0 Å². The highest BCUT2D eigenvalue weighted by Crippen LogP contribution is 2.22. The van der Waals surface area contributed by atoms with Gasteiger partial charge in [0.15, 0.2) is 0 Å². The van der Waals surface area contributed by atoms with Crippen LogP contribution in [0.15, 0.2) is 28.7 Å². The average Bonchev–Trinajstić information content (AvgIpc) is 2.05. The highest BCUT2D eigenvalue weighted by molar-refractivity contribution is 9.10. The second kappa shape index (κ2) is 4.57. The Morgan fingerprint density at radius 3 is 2.75 bits per heavy atom. The predicted octanol–water partition coefficient (Wildman–Crippen LogP) is 1.37. The lowest BCUT2D eigenvalue weighted by Crippen LogP contribution is -2.11. The number of nitrogens with two attached hydrogens (primary N) is 1. The molecule has 4 heteroatoms. The molecule has 0 spiro atoms. The molecule has 0 bridgehead atoms. The molecule has 1 aromatic rings. The van der Waals surface area contributed by atoms with E-state index in [-0.39, 0.29) is 6.61 Å². The third-order valence-electron chi connectivity index (χ3n) is 1.52. The molecule has 3 nitrogen and oxygen atoms in total. The molecule has 0 heterocycles. The molecule has 1 unspecified atom stereocenters. The van der Waals surface area contributed by atoms with Gasteiger partial charge in [0.2, 0.25) is 0 Å². The summed E-state index contributed by atoms with van der Waals surface area (Å²) < 4.78 is 0.856. The summed E-state index contributed by atoms with van der Waals surface area (Å²) in [5, 5.41) is 9.47. The van der Waals surface area contributed by atoms with E-state index < -0.39 is 6.10 Å². The lowest BCUT2D eigenvalue weighted by Gasteiger charge is -2.10. The number of benzene rings is 1. The molecule has 0 aromatic heterocycles. The van der Waals surface area contributed by atoms with Gasteiger partial charge in [0.25, 0.3) is 0 Å². The van der Waals surface area contributed by atoms with Crippen molar-refractivity contribution in [2.75, 3.05) is 6.61 Å². The van der Waals surface area contributed by atoms with Gasteiger partial charge in [0.1, 0.15) is 6.10 Å². The van der Waals surface area contributed by atoms with Crippen LogP contribution in [0, 0.1) is 0 Å². The number of aliphatic hydroxyl groups is 1. The van der Waals surface area contributed by atoms with Gasteiger partial charge in [0.05, 0.1) is 6.61 Å². The second-order valence-corrected chi connectivity index (χ2v) is 3.22. The molecule has 3 N–H and O–H groups in total. The first-order valence-electron chi connectivity index (χ1n) is 3.50. The molecule has 1 aromatic carbocycles. The molecule has 0 aliphatic heterocycles. The fourth-order valence-corrected chi connectivity index (χ4v) is 1.48. The molecule has 12 heavy (non-hydrogen) atoms. The van der Waals surface area contributed by atoms with Crippen molar-refractivity contribution in [3.63, 3.8) is 0 Å². The van der Waals surface area contributed by atoms with E-state index in [2.05, 4.69) is 20.8 Å². The average molecular weight is 232 g/mol. The first kappa shape index (κ1) is 9.67. The summed E-state index contributed by atoms with van der Waals surface area (Å²) in [6.07, 6.45) is -0.675. The van der Waals surface area contributed by atoms with E-state index in [9.17, 15) is 5.11 Å². The first-order valence-corrected chi connectivity index (χ1v) is 4.29. The summed E-state index contributed by atoms with van der Waals surface area (Å²) >= 11 is 3.31. The maximum atomic E-state index is 9.47. The van der Waals surface area contributed by atoms with Crippen LogP contribution in [-0.4, -0.2) is 11.7 Å². The third kappa shape index (κ3) is 2.28. The Labute approximate surface area is 79.2 Å². The van der Waals surface area contributed by atoms with Crippen LogP contribution in [0.3, 0.4) is 0 Å². The van der Waals surface area contributed by atoms with Gasteiger partial charge in [0, 0.05) is 4.47 Å². The largest absolute Gasteiger partial charge is 0.386 e. The van der Waals surface area contributed by atoms with E-state index in [4.69, 9.17) is 5.90 Å². The number of rotatable bonds is 3. The van der Waals surface area contributed by atoms with E-state index in [1.54, 1.807) is 0 Å². The number of aliphatic hydroxyl groups excluding tert-OH is 1. The molecule has 0 saturated carbocycles. The Morgan fingerprint density at radius 2 is 2.17 bits per heavy atom. The fourth-order valence-electron chi connectivity index (χ4n) is 0.926. The van der Waals surface area contributed by atoms with E-state index in [1.807, 2.05) is 24.3 Å². The quantitative estimate of drug-likeness (QED) is 0.774. The van der Waals surface area contributed by atoms with Crippen LogP contribution in [-0.2, 0) is 4.84 Å². The molecule has 66 valence electrons. The molecular weight excluding hydrogens is 222 g/mol. The molecule has 1 atom stereocenters. The van der Waals surface area contributed by atoms with Crippen molar-refractivity contribution in [2.24, 2.45) is 5.90 Å². The third-order valence-corrected chi connectivity index (χ3v) is 2.24. The van der Waals surface area contributed by atoms with Crippen LogP contribution in [0.4, 0.5) is 0 Å². The summed E-state index contributed by atoms with van der Waals surface area (Å²) in [6, 6.07) is 7.40. The first-order chi connectivity index (χ1) is 5.75. The fraction of sp³-hybridized carbons (Fsp3) is 0.250. The highest BCUT2D eigenvalue weighted by atomic mass is 79.9. The van der Waals surface area contributed by atoms with Crippen LogP contribution in [0.2, 0.25) is 0 Å². The molecule has 1 rings (SSSR count). The maximum Gasteiger partial charge on any atom is 0.105 e. The van der Waals surface area contributed by atoms with E-state index in [0.29, 0.717) is 0 Å². The standard InChI is InChI=1S/C8H10BrNO2/c9-7-4-2-1-3-6(7)8(11)5-12-10/h1-4,8,11H,5,10H2. The Balaban J connectivity index is 2.79. The molecule has 0 aliphatic rings. The van der Waals surface area contributed by atoms with Gasteiger partial charge in [-0.25, -0.2) is 5.90 Å². The van der Waals surface area contributed by atoms with E-state index in [1.165, 1.54) is 0 Å². The summed E-state index contributed by atoms with van der Waals surface area (Å²) in [5.74, 6) is 4.84. The van der Waals surface area contributed by atoms with Gasteiger partial charge in [-0.1, -0.05) is 34.1 Å². The van der Waals surface area contributed by atoms with Crippen molar-refractivity contribution in [3.05, 3.63) is 34.3 Å². The minimum absolute atomic E-state index is 0.0998. The molecule has 0 amide bonds. The predicted molar refractivity (Wildman–Crippen MR) is 49.2 cm³/mol. The van der Waals surface area contributed by atoms with Gasteiger partial charge in [-0.3, -0.25) is 0 Å².